The molecular weight excluding hydrogens is 219 g/mol. The smallest absolute Gasteiger partial charge is 0.123 e. The molecule has 0 saturated heterocycles. The molecule has 0 amide bonds. The summed E-state index contributed by atoms with van der Waals surface area (Å²) in [6, 6.07) is 4.74. The monoisotopic (exact) mass is 238 g/mol. The highest BCUT2D eigenvalue weighted by Crippen LogP contribution is 2.29. The standard InChI is InChI=1S/C13H19FN2O/c1-15-5-6-16(2)9-12-8-10-7-11(14)3-4-13(10)17-12/h3-4,7,12,15H,5-6,8-9H2,1-2H3. The fourth-order valence-electron chi connectivity index (χ4n) is 2.13. The number of halogens is 1. The molecule has 2 rings (SSSR count). The highest BCUT2D eigenvalue weighted by atomic mass is 19.1. The number of ether oxygens (including phenoxy) is 1. The topological polar surface area (TPSA) is 24.5 Å². The first-order valence-electron chi connectivity index (χ1n) is 5.97. The van der Waals surface area contributed by atoms with Crippen LogP contribution in [0.4, 0.5) is 4.39 Å². The number of fused-ring (bicyclic) bond motifs is 1. The quantitative estimate of drug-likeness (QED) is 0.836. The Morgan fingerprint density at radius 3 is 3.12 bits per heavy atom. The lowest BCUT2D eigenvalue weighted by atomic mass is 10.1. The molecule has 4 heteroatoms. The third-order valence-electron chi connectivity index (χ3n) is 3.02. The number of likely N-dealkylation sites (N-methyl/N-ethyl adjacent to an activating group) is 2. The van der Waals surface area contributed by atoms with E-state index in [-0.39, 0.29) is 11.9 Å². The highest BCUT2D eigenvalue weighted by molar-refractivity contribution is 5.37. The first-order chi connectivity index (χ1) is 8.19. The molecule has 94 valence electrons. The maximum atomic E-state index is 13.0. The lowest BCUT2D eigenvalue weighted by Gasteiger charge is -2.20. The van der Waals surface area contributed by atoms with Crippen LogP contribution in [0, 0.1) is 5.82 Å². The molecule has 0 aromatic heterocycles. The molecule has 1 heterocycles. The van der Waals surface area contributed by atoms with Crippen molar-refractivity contribution in [2.24, 2.45) is 0 Å². The molecule has 0 fully saturated rings. The van der Waals surface area contributed by atoms with E-state index in [0.717, 1.165) is 37.4 Å². The summed E-state index contributed by atoms with van der Waals surface area (Å²) in [5, 5.41) is 3.12. The molecule has 0 bridgehead atoms. The normalized spacial score (nSPS) is 18.2. The minimum atomic E-state index is -0.184. The Morgan fingerprint density at radius 2 is 2.35 bits per heavy atom. The molecule has 1 aromatic rings. The van der Waals surface area contributed by atoms with Crippen molar-refractivity contribution in [1.29, 1.82) is 0 Å². The maximum Gasteiger partial charge on any atom is 0.123 e. The molecule has 1 aliphatic rings. The molecular formula is C13H19FN2O. The van der Waals surface area contributed by atoms with E-state index in [1.165, 1.54) is 6.07 Å². The van der Waals surface area contributed by atoms with Gasteiger partial charge in [-0.3, -0.25) is 0 Å². The zero-order valence-corrected chi connectivity index (χ0v) is 10.4. The van der Waals surface area contributed by atoms with E-state index >= 15 is 0 Å². The summed E-state index contributed by atoms with van der Waals surface area (Å²) in [6.07, 6.45) is 0.949. The third-order valence-corrected chi connectivity index (χ3v) is 3.02. The minimum absolute atomic E-state index is 0.147. The van der Waals surface area contributed by atoms with Gasteiger partial charge in [0.1, 0.15) is 17.7 Å². The molecule has 0 saturated carbocycles. The Hall–Kier alpha value is -1.13. The number of hydrogen-bond acceptors (Lipinski definition) is 3. The van der Waals surface area contributed by atoms with Gasteiger partial charge in [-0.25, -0.2) is 4.39 Å². The summed E-state index contributed by atoms with van der Waals surface area (Å²) in [4.78, 5) is 2.23. The number of benzene rings is 1. The second-order valence-electron chi connectivity index (χ2n) is 4.56. The van der Waals surface area contributed by atoms with Gasteiger partial charge in [-0.05, 0) is 32.3 Å². The summed E-state index contributed by atoms with van der Waals surface area (Å²) >= 11 is 0. The second kappa shape index (κ2) is 5.47. The van der Waals surface area contributed by atoms with Crippen molar-refractivity contribution in [2.45, 2.75) is 12.5 Å². The van der Waals surface area contributed by atoms with E-state index in [1.54, 1.807) is 12.1 Å². The summed E-state index contributed by atoms with van der Waals surface area (Å²) in [7, 11) is 4.02. The molecule has 1 atom stereocenters. The Labute approximate surface area is 102 Å². The van der Waals surface area contributed by atoms with Crippen molar-refractivity contribution < 1.29 is 9.13 Å². The lowest BCUT2D eigenvalue weighted by molar-refractivity contribution is 0.169. The van der Waals surface area contributed by atoms with Gasteiger partial charge in [0.15, 0.2) is 0 Å². The SMILES string of the molecule is CNCCN(C)CC1Cc2cc(F)ccc2O1. The maximum absolute atomic E-state index is 13.0. The van der Waals surface area contributed by atoms with E-state index in [9.17, 15) is 4.39 Å². The summed E-state index contributed by atoms with van der Waals surface area (Å²) < 4.78 is 18.8. The Bertz CT molecular complexity index is 384. The first kappa shape index (κ1) is 12.3. The molecule has 17 heavy (non-hydrogen) atoms. The predicted octanol–water partition coefficient (Wildman–Crippen LogP) is 1.28. The van der Waals surface area contributed by atoms with Gasteiger partial charge in [-0.2, -0.15) is 0 Å². The number of nitrogens with one attached hydrogen (secondary N) is 1. The van der Waals surface area contributed by atoms with Crippen molar-refractivity contribution in [3.8, 4) is 5.75 Å². The van der Waals surface area contributed by atoms with Crippen molar-refractivity contribution >= 4 is 0 Å². The molecule has 1 aliphatic heterocycles. The van der Waals surface area contributed by atoms with Crippen LogP contribution in [-0.2, 0) is 6.42 Å². The summed E-state index contributed by atoms with van der Waals surface area (Å²) in [5.74, 6) is 0.648. The van der Waals surface area contributed by atoms with E-state index in [4.69, 9.17) is 4.74 Å². The van der Waals surface area contributed by atoms with Crippen LogP contribution in [0.1, 0.15) is 5.56 Å². The van der Waals surface area contributed by atoms with Crippen LogP contribution in [0.15, 0.2) is 18.2 Å². The van der Waals surface area contributed by atoms with Gasteiger partial charge in [-0.1, -0.05) is 0 Å². The summed E-state index contributed by atoms with van der Waals surface area (Å²) in [5.41, 5.74) is 0.983. The lowest BCUT2D eigenvalue weighted by Crippen LogP contribution is -2.35. The minimum Gasteiger partial charge on any atom is -0.488 e. The molecule has 1 unspecified atom stereocenters. The van der Waals surface area contributed by atoms with Gasteiger partial charge in [0.2, 0.25) is 0 Å². The zero-order valence-electron chi connectivity index (χ0n) is 10.4. The van der Waals surface area contributed by atoms with Crippen LogP contribution < -0.4 is 10.1 Å². The number of rotatable bonds is 5. The van der Waals surface area contributed by atoms with Crippen molar-refractivity contribution in [2.75, 3.05) is 33.7 Å². The van der Waals surface area contributed by atoms with E-state index in [2.05, 4.69) is 17.3 Å². The van der Waals surface area contributed by atoms with E-state index in [0.29, 0.717) is 0 Å². The fraction of sp³-hybridized carbons (Fsp3) is 0.538. The third kappa shape index (κ3) is 3.17. The largest absolute Gasteiger partial charge is 0.488 e. The van der Waals surface area contributed by atoms with Crippen LogP contribution in [0.5, 0.6) is 5.75 Å². The Morgan fingerprint density at radius 1 is 1.53 bits per heavy atom. The second-order valence-corrected chi connectivity index (χ2v) is 4.56. The molecule has 1 aromatic carbocycles. The molecule has 0 spiro atoms. The van der Waals surface area contributed by atoms with Crippen molar-refractivity contribution in [1.82, 2.24) is 10.2 Å². The summed E-state index contributed by atoms with van der Waals surface area (Å²) in [6.45, 7) is 2.82. The van der Waals surface area contributed by atoms with Gasteiger partial charge >= 0.3 is 0 Å². The number of hydrogen-bond donors (Lipinski definition) is 1. The number of nitrogens with zero attached hydrogens (tertiary/aromatic N) is 1. The molecule has 0 radical (unpaired) electrons. The van der Waals surface area contributed by atoms with Gasteiger partial charge < -0.3 is 15.0 Å². The van der Waals surface area contributed by atoms with Gasteiger partial charge in [0.05, 0.1) is 0 Å². The first-order valence-corrected chi connectivity index (χ1v) is 5.97. The van der Waals surface area contributed by atoms with Crippen LogP contribution in [0.2, 0.25) is 0 Å². The molecule has 1 N–H and O–H groups in total. The molecule has 0 aliphatic carbocycles. The fourth-order valence-corrected chi connectivity index (χ4v) is 2.13. The van der Waals surface area contributed by atoms with Crippen LogP contribution in [0.25, 0.3) is 0 Å². The van der Waals surface area contributed by atoms with Crippen molar-refractivity contribution in [3.63, 3.8) is 0 Å². The van der Waals surface area contributed by atoms with Gasteiger partial charge in [0, 0.05) is 31.6 Å². The average Bonchev–Trinajstić information content (AvgIpc) is 2.67. The van der Waals surface area contributed by atoms with Gasteiger partial charge in [-0.15, -0.1) is 0 Å². The van der Waals surface area contributed by atoms with Crippen molar-refractivity contribution in [3.05, 3.63) is 29.6 Å². The predicted molar refractivity (Wildman–Crippen MR) is 65.9 cm³/mol. The van der Waals surface area contributed by atoms with Crippen LogP contribution >= 0.6 is 0 Å². The van der Waals surface area contributed by atoms with Crippen LogP contribution in [0.3, 0.4) is 0 Å². The van der Waals surface area contributed by atoms with E-state index < -0.39 is 0 Å². The Kier molecular flexibility index (Phi) is 3.97. The average molecular weight is 238 g/mol. The zero-order chi connectivity index (χ0) is 12.3. The molecule has 3 nitrogen and oxygen atoms in total. The Balaban J connectivity index is 1.87. The van der Waals surface area contributed by atoms with E-state index in [1.807, 2.05) is 7.05 Å². The van der Waals surface area contributed by atoms with Crippen LogP contribution in [-0.4, -0.2) is 44.7 Å². The van der Waals surface area contributed by atoms with Gasteiger partial charge in [0.25, 0.3) is 0 Å². The highest BCUT2D eigenvalue weighted by Gasteiger charge is 2.24.